The first-order valence-electron chi connectivity index (χ1n) is 4.30. The molecule has 0 aromatic heterocycles. The summed E-state index contributed by atoms with van der Waals surface area (Å²) in [5, 5.41) is -0.750. The van der Waals surface area contributed by atoms with E-state index in [1.165, 1.54) is 38.3 Å². The Morgan fingerprint density at radius 1 is 1.40 bits per heavy atom. The number of hydrogen-bond donors (Lipinski definition) is 0. The average molecular weight is 230 g/mol. The number of halogens is 1. The second-order valence-corrected chi connectivity index (χ2v) is 4.69. The van der Waals surface area contributed by atoms with Crippen molar-refractivity contribution in [1.29, 1.82) is 0 Å². The molecule has 1 aromatic carbocycles. The maximum absolute atomic E-state index is 12.6. The molecule has 5 heteroatoms. The van der Waals surface area contributed by atoms with E-state index in [-0.39, 0.29) is 0 Å². The molecule has 1 rings (SSSR count). The summed E-state index contributed by atoms with van der Waals surface area (Å²) in [7, 11) is -0.271. The van der Waals surface area contributed by atoms with E-state index >= 15 is 0 Å². The van der Waals surface area contributed by atoms with E-state index < -0.39 is 27.8 Å². The Bertz CT molecular complexity index is 375. The van der Waals surface area contributed by atoms with Gasteiger partial charge in [0.1, 0.15) is 11.1 Å². The second-order valence-electron chi connectivity index (χ2n) is 2.92. The van der Waals surface area contributed by atoms with Gasteiger partial charge in [-0.15, -0.1) is 0 Å². The lowest BCUT2D eigenvalue weighted by Crippen LogP contribution is -2.23. The molecule has 3 nitrogen and oxygen atoms in total. The molecule has 0 radical (unpaired) electrons. The topological polar surface area (TPSA) is 43.4 Å². The van der Waals surface area contributed by atoms with Crippen molar-refractivity contribution >= 4 is 16.8 Å². The number of ether oxygens (including phenoxy) is 1. The highest BCUT2D eigenvalue weighted by molar-refractivity contribution is 7.86. The maximum Gasteiger partial charge on any atom is 0.321 e. The molecule has 82 valence electrons. The molecule has 0 aliphatic rings. The number of esters is 1. The SMILES string of the molecule is COC(=O)C(C)S(=O)c1ccc(F)cc1. The highest BCUT2D eigenvalue weighted by Crippen LogP contribution is 2.12. The van der Waals surface area contributed by atoms with Crippen molar-refractivity contribution < 1.29 is 18.1 Å². The van der Waals surface area contributed by atoms with Gasteiger partial charge in [0, 0.05) is 4.90 Å². The Morgan fingerprint density at radius 2 is 1.93 bits per heavy atom. The molecule has 0 bridgehead atoms. The third kappa shape index (κ3) is 2.86. The summed E-state index contributed by atoms with van der Waals surface area (Å²) in [6.45, 7) is 1.51. The highest BCUT2D eigenvalue weighted by atomic mass is 32.2. The minimum atomic E-state index is -1.51. The Labute approximate surface area is 89.7 Å². The van der Waals surface area contributed by atoms with Crippen molar-refractivity contribution in [2.75, 3.05) is 7.11 Å². The largest absolute Gasteiger partial charge is 0.468 e. The Morgan fingerprint density at radius 3 is 2.40 bits per heavy atom. The second kappa shape index (κ2) is 5.02. The number of carbonyl (C=O) groups is 1. The van der Waals surface area contributed by atoms with Crippen LogP contribution in [0.5, 0.6) is 0 Å². The van der Waals surface area contributed by atoms with Gasteiger partial charge in [-0.1, -0.05) is 0 Å². The van der Waals surface area contributed by atoms with Gasteiger partial charge in [-0.25, -0.2) is 4.39 Å². The lowest BCUT2D eigenvalue weighted by Gasteiger charge is -2.08. The van der Waals surface area contributed by atoms with Crippen molar-refractivity contribution in [1.82, 2.24) is 0 Å². The van der Waals surface area contributed by atoms with Gasteiger partial charge in [-0.2, -0.15) is 0 Å². The molecule has 2 atom stereocenters. The zero-order valence-electron chi connectivity index (χ0n) is 8.40. The zero-order valence-corrected chi connectivity index (χ0v) is 9.21. The van der Waals surface area contributed by atoms with E-state index in [1.807, 2.05) is 0 Å². The molecule has 0 N–H and O–H groups in total. The summed E-state index contributed by atoms with van der Waals surface area (Å²) in [5.41, 5.74) is 0. The quantitative estimate of drug-likeness (QED) is 0.739. The summed E-state index contributed by atoms with van der Waals surface area (Å²) >= 11 is 0. The fourth-order valence-electron chi connectivity index (χ4n) is 1.03. The van der Waals surface area contributed by atoms with E-state index in [1.54, 1.807) is 0 Å². The van der Waals surface area contributed by atoms with E-state index in [0.717, 1.165) is 0 Å². The van der Waals surface area contributed by atoms with Gasteiger partial charge < -0.3 is 4.74 Å². The van der Waals surface area contributed by atoms with Gasteiger partial charge in [0.2, 0.25) is 0 Å². The number of carbonyl (C=O) groups excluding carboxylic acids is 1. The van der Waals surface area contributed by atoms with Crippen LogP contribution in [0.25, 0.3) is 0 Å². The highest BCUT2D eigenvalue weighted by Gasteiger charge is 2.21. The monoisotopic (exact) mass is 230 g/mol. The molecule has 0 aliphatic carbocycles. The first-order chi connectivity index (χ1) is 7.06. The zero-order chi connectivity index (χ0) is 11.4. The van der Waals surface area contributed by atoms with Gasteiger partial charge >= 0.3 is 5.97 Å². The average Bonchev–Trinajstić information content (AvgIpc) is 2.27. The first-order valence-corrected chi connectivity index (χ1v) is 5.51. The normalized spacial score (nSPS) is 14.3. The lowest BCUT2D eigenvalue weighted by molar-refractivity contribution is -0.139. The predicted molar refractivity (Wildman–Crippen MR) is 54.3 cm³/mol. The number of hydrogen-bond acceptors (Lipinski definition) is 3. The standard InChI is InChI=1S/C10H11FO3S/c1-7(10(12)14-2)15(13)9-5-3-8(11)4-6-9/h3-7H,1-2H3. The van der Waals surface area contributed by atoms with Gasteiger partial charge in [0.25, 0.3) is 0 Å². The Balaban J connectivity index is 2.85. The Kier molecular flexibility index (Phi) is 3.96. The molecule has 0 saturated heterocycles. The van der Waals surface area contributed by atoms with Crippen molar-refractivity contribution in [3.05, 3.63) is 30.1 Å². The predicted octanol–water partition coefficient (Wildman–Crippen LogP) is 1.49. The third-order valence-corrected chi connectivity index (χ3v) is 3.47. The molecule has 0 amide bonds. The number of benzene rings is 1. The molecule has 0 fully saturated rings. The first kappa shape index (κ1) is 11.8. The van der Waals surface area contributed by atoms with Crippen LogP contribution in [0.3, 0.4) is 0 Å². The molecule has 0 aliphatic heterocycles. The van der Waals surface area contributed by atoms with Gasteiger partial charge in [-0.05, 0) is 31.2 Å². The van der Waals surface area contributed by atoms with Crippen LogP contribution in [-0.4, -0.2) is 22.5 Å². The minimum absolute atomic E-state index is 0.401. The molecule has 0 saturated carbocycles. The van der Waals surface area contributed by atoms with Crippen molar-refractivity contribution in [2.24, 2.45) is 0 Å². The summed E-state index contributed by atoms with van der Waals surface area (Å²) in [5.74, 6) is -0.945. The van der Waals surface area contributed by atoms with Crippen LogP contribution in [0.4, 0.5) is 4.39 Å². The van der Waals surface area contributed by atoms with Crippen molar-refractivity contribution in [3.8, 4) is 0 Å². The maximum atomic E-state index is 12.6. The van der Waals surface area contributed by atoms with Crippen molar-refractivity contribution in [2.45, 2.75) is 17.1 Å². The summed E-state index contributed by atoms with van der Waals surface area (Å²) in [6, 6.07) is 5.20. The van der Waals surface area contributed by atoms with Crippen LogP contribution in [0.15, 0.2) is 29.2 Å². The molecule has 0 heterocycles. The molecular weight excluding hydrogens is 219 g/mol. The summed E-state index contributed by atoms with van der Waals surface area (Å²) < 4.78 is 28.8. The van der Waals surface area contributed by atoms with Gasteiger partial charge in [0.15, 0.2) is 0 Å². The molecule has 0 spiro atoms. The third-order valence-electron chi connectivity index (χ3n) is 1.90. The smallest absolute Gasteiger partial charge is 0.321 e. The Hall–Kier alpha value is -1.23. The minimum Gasteiger partial charge on any atom is -0.468 e. The van der Waals surface area contributed by atoms with Gasteiger partial charge in [0.05, 0.1) is 17.9 Å². The van der Waals surface area contributed by atoms with Gasteiger partial charge in [-0.3, -0.25) is 9.00 Å². The van der Waals surface area contributed by atoms with E-state index in [0.29, 0.717) is 4.90 Å². The summed E-state index contributed by atoms with van der Waals surface area (Å²) in [4.78, 5) is 11.5. The molecule has 15 heavy (non-hydrogen) atoms. The van der Waals surface area contributed by atoms with Crippen LogP contribution >= 0.6 is 0 Å². The summed E-state index contributed by atoms with van der Waals surface area (Å²) in [6.07, 6.45) is 0. The lowest BCUT2D eigenvalue weighted by atomic mass is 10.3. The molecule has 2 unspecified atom stereocenters. The fraction of sp³-hybridized carbons (Fsp3) is 0.300. The number of methoxy groups -OCH3 is 1. The van der Waals surface area contributed by atoms with Crippen LogP contribution in [0.1, 0.15) is 6.92 Å². The number of rotatable bonds is 3. The van der Waals surface area contributed by atoms with Crippen LogP contribution < -0.4 is 0 Å². The van der Waals surface area contributed by atoms with E-state index in [9.17, 15) is 13.4 Å². The van der Waals surface area contributed by atoms with E-state index in [4.69, 9.17) is 0 Å². The van der Waals surface area contributed by atoms with Crippen LogP contribution in [0.2, 0.25) is 0 Å². The molecular formula is C10H11FO3S. The fourth-order valence-corrected chi connectivity index (χ4v) is 2.11. The van der Waals surface area contributed by atoms with Crippen molar-refractivity contribution in [3.63, 3.8) is 0 Å². The van der Waals surface area contributed by atoms with E-state index in [2.05, 4.69) is 4.74 Å². The van der Waals surface area contributed by atoms with Crippen LogP contribution in [-0.2, 0) is 20.3 Å². The molecule has 1 aromatic rings. The van der Waals surface area contributed by atoms with Crippen LogP contribution in [0, 0.1) is 5.82 Å².